The minimum Gasteiger partial charge on any atom is -0.390 e. The molecule has 4 rings (SSSR count). The van der Waals surface area contributed by atoms with Crippen LogP contribution in [0.1, 0.15) is 103 Å². The monoisotopic (exact) mass is 574 g/mol. The maximum absolute atomic E-state index is 11.4. The minimum absolute atomic E-state index is 0.0259. The van der Waals surface area contributed by atoms with Gasteiger partial charge < -0.3 is 19.8 Å². The Balaban J connectivity index is 1.31. The van der Waals surface area contributed by atoms with Crippen LogP contribution >= 0.6 is 23.2 Å². The number of aliphatic hydroxyl groups excluding tert-OH is 1. The molecule has 1 aliphatic heterocycles. The molecule has 0 spiro atoms. The molecular weight excluding hydrogens is 519 g/mol. The first-order chi connectivity index (χ1) is 18.3. The summed E-state index contributed by atoms with van der Waals surface area (Å²) < 4.78 is 5.78. The van der Waals surface area contributed by atoms with Crippen LogP contribution in [0.2, 0.25) is 0 Å². The second kappa shape index (κ2) is 15.0. The number of piperidine rings is 1. The Labute approximate surface area is 242 Å². The number of methoxy groups -OCH3 is 1. The van der Waals surface area contributed by atoms with Gasteiger partial charge >= 0.3 is 0 Å². The Bertz CT molecular complexity index is 686. The average molecular weight is 576 g/mol. The van der Waals surface area contributed by atoms with Crippen LogP contribution in [0.3, 0.4) is 0 Å². The number of hydrogen-bond donors (Lipinski definition) is 2. The fraction of sp³-hybridized carbons (Fsp3) is 1.00. The second-order valence-electron chi connectivity index (χ2n) is 13.4. The van der Waals surface area contributed by atoms with E-state index in [0.717, 1.165) is 77.5 Å². The normalized spacial score (nSPS) is 35.3. The van der Waals surface area contributed by atoms with Gasteiger partial charge in [-0.15, -0.1) is 23.2 Å². The third kappa shape index (κ3) is 8.46. The van der Waals surface area contributed by atoms with Gasteiger partial charge in [0.1, 0.15) is 6.23 Å². The summed E-state index contributed by atoms with van der Waals surface area (Å²) in [6.45, 7) is 3.93. The van der Waals surface area contributed by atoms with Gasteiger partial charge in [-0.25, -0.2) is 0 Å². The van der Waals surface area contributed by atoms with Crippen molar-refractivity contribution < 1.29 is 14.9 Å². The highest BCUT2D eigenvalue weighted by Crippen LogP contribution is 2.41. The molecule has 7 heteroatoms. The van der Waals surface area contributed by atoms with Gasteiger partial charge in [-0.05, 0) is 108 Å². The Morgan fingerprint density at radius 3 is 2.32 bits per heavy atom. The zero-order valence-electron chi connectivity index (χ0n) is 24.2. The van der Waals surface area contributed by atoms with Crippen molar-refractivity contribution in [2.24, 2.45) is 23.7 Å². The van der Waals surface area contributed by atoms with Gasteiger partial charge in [0.15, 0.2) is 0 Å². The summed E-state index contributed by atoms with van der Waals surface area (Å²) in [7, 11) is 3.92. The molecule has 4 aliphatic rings. The Kier molecular flexibility index (Phi) is 12.4. The lowest BCUT2D eigenvalue weighted by atomic mass is 9.72. The first-order valence-corrected chi connectivity index (χ1v) is 16.8. The summed E-state index contributed by atoms with van der Waals surface area (Å²) in [5.74, 6) is 1.95. The first-order valence-electron chi connectivity index (χ1n) is 15.9. The lowest BCUT2D eigenvalue weighted by Crippen LogP contribution is -2.49. The molecule has 3 aliphatic carbocycles. The summed E-state index contributed by atoms with van der Waals surface area (Å²) >= 11 is 13.1. The van der Waals surface area contributed by atoms with E-state index in [1.807, 2.05) is 7.11 Å². The van der Waals surface area contributed by atoms with Crippen LogP contribution in [-0.4, -0.2) is 89.0 Å². The Hall–Kier alpha value is 0.380. The average Bonchev–Trinajstić information content (AvgIpc) is 2.94. The van der Waals surface area contributed by atoms with Crippen LogP contribution in [0.25, 0.3) is 0 Å². The Morgan fingerprint density at radius 1 is 0.947 bits per heavy atom. The minimum atomic E-state index is -0.445. The molecular formula is C31H56Cl2N2O3. The van der Waals surface area contributed by atoms with E-state index in [-0.39, 0.29) is 10.8 Å². The SMILES string of the molecule is COC1CCCCC1CN(C)C(O)CC(CCN1CCC(O)(C2CCCCC2)CC1)C1CCC(Cl)C(Cl)C1. The number of hydrogen-bond acceptors (Lipinski definition) is 5. The lowest BCUT2D eigenvalue weighted by Gasteiger charge is -2.45. The van der Waals surface area contributed by atoms with Crippen molar-refractivity contribution in [2.75, 3.05) is 40.3 Å². The van der Waals surface area contributed by atoms with E-state index in [1.165, 1.54) is 51.4 Å². The van der Waals surface area contributed by atoms with E-state index in [2.05, 4.69) is 16.8 Å². The van der Waals surface area contributed by atoms with Gasteiger partial charge in [-0.1, -0.05) is 32.1 Å². The highest BCUT2D eigenvalue weighted by atomic mass is 35.5. The van der Waals surface area contributed by atoms with Crippen LogP contribution in [-0.2, 0) is 4.74 Å². The first kappa shape index (κ1) is 31.3. The van der Waals surface area contributed by atoms with E-state index in [0.29, 0.717) is 29.8 Å². The summed E-state index contributed by atoms with van der Waals surface area (Å²) in [6, 6.07) is 0. The van der Waals surface area contributed by atoms with Gasteiger partial charge in [0.05, 0.1) is 17.1 Å². The molecule has 0 aromatic rings. The fourth-order valence-corrected chi connectivity index (χ4v) is 8.86. The number of nitrogens with zero attached hydrogens (tertiary/aromatic N) is 2. The topological polar surface area (TPSA) is 56.2 Å². The summed E-state index contributed by atoms with van der Waals surface area (Å²) in [6.07, 6.45) is 17.8. The molecule has 1 saturated heterocycles. The molecule has 4 fully saturated rings. The number of alkyl halides is 2. The molecule has 0 radical (unpaired) electrons. The van der Waals surface area contributed by atoms with Crippen LogP contribution in [0, 0.1) is 23.7 Å². The molecule has 2 N–H and O–H groups in total. The zero-order chi connectivity index (χ0) is 27.1. The van der Waals surface area contributed by atoms with Gasteiger partial charge in [0.2, 0.25) is 0 Å². The number of halogens is 2. The van der Waals surface area contributed by atoms with E-state index in [1.54, 1.807) is 0 Å². The fourth-order valence-electron chi connectivity index (χ4n) is 8.28. The molecule has 0 bridgehead atoms. The zero-order valence-corrected chi connectivity index (χ0v) is 25.7. The molecule has 222 valence electrons. The van der Waals surface area contributed by atoms with Crippen molar-refractivity contribution in [3.63, 3.8) is 0 Å². The van der Waals surface area contributed by atoms with E-state index >= 15 is 0 Å². The summed E-state index contributed by atoms with van der Waals surface area (Å²) in [5.41, 5.74) is -0.445. The van der Waals surface area contributed by atoms with Crippen molar-refractivity contribution in [2.45, 2.75) is 131 Å². The third-order valence-corrected chi connectivity index (χ3v) is 12.1. The Morgan fingerprint density at radius 2 is 1.63 bits per heavy atom. The lowest BCUT2D eigenvalue weighted by molar-refractivity contribution is -0.0788. The molecule has 7 unspecified atom stereocenters. The van der Waals surface area contributed by atoms with Crippen molar-refractivity contribution in [3.05, 3.63) is 0 Å². The third-order valence-electron chi connectivity index (χ3n) is 11.0. The van der Waals surface area contributed by atoms with E-state index in [9.17, 15) is 10.2 Å². The largest absolute Gasteiger partial charge is 0.390 e. The molecule has 0 amide bonds. The van der Waals surface area contributed by atoms with Crippen molar-refractivity contribution in [1.82, 2.24) is 9.80 Å². The molecule has 7 atom stereocenters. The standard InChI is InChI=1S/C31H56Cl2N2O3/c1-34(22-25-8-6-7-11-29(25)38-2)30(36)21-24(23-12-13-27(32)28(33)20-23)14-17-35-18-15-31(37,16-19-35)26-9-4-3-5-10-26/h23-30,36-37H,3-22H2,1-2H3. The maximum Gasteiger partial charge on any atom is 0.107 e. The second-order valence-corrected chi connectivity index (χ2v) is 14.5. The van der Waals surface area contributed by atoms with Crippen LogP contribution in [0.5, 0.6) is 0 Å². The highest BCUT2D eigenvalue weighted by molar-refractivity contribution is 6.30. The summed E-state index contributed by atoms with van der Waals surface area (Å²) in [4.78, 5) is 4.74. The maximum atomic E-state index is 11.4. The molecule has 38 heavy (non-hydrogen) atoms. The van der Waals surface area contributed by atoms with E-state index in [4.69, 9.17) is 27.9 Å². The number of aliphatic hydroxyl groups is 2. The highest BCUT2D eigenvalue weighted by Gasteiger charge is 2.40. The van der Waals surface area contributed by atoms with Crippen molar-refractivity contribution >= 4 is 23.2 Å². The molecule has 1 heterocycles. The van der Waals surface area contributed by atoms with Crippen LogP contribution < -0.4 is 0 Å². The van der Waals surface area contributed by atoms with Gasteiger partial charge in [0.25, 0.3) is 0 Å². The van der Waals surface area contributed by atoms with Crippen molar-refractivity contribution in [3.8, 4) is 0 Å². The number of likely N-dealkylation sites (tertiary alicyclic amines) is 1. The number of ether oxygens (including phenoxy) is 1. The molecule has 5 nitrogen and oxygen atoms in total. The van der Waals surface area contributed by atoms with E-state index < -0.39 is 11.8 Å². The van der Waals surface area contributed by atoms with Crippen LogP contribution in [0.4, 0.5) is 0 Å². The van der Waals surface area contributed by atoms with Gasteiger partial charge in [-0.2, -0.15) is 0 Å². The molecule has 0 aromatic carbocycles. The van der Waals surface area contributed by atoms with Gasteiger partial charge in [-0.3, -0.25) is 4.90 Å². The van der Waals surface area contributed by atoms with Crippen LogP contribution in [0.15, 0.2) is 0 Å². The molecule has 3 saturated carbocycles. The predicted octanol–water partition coefficient (Wildman–Crippen LogP) is 6.26. The smallest absolute Gasteiger partial charge is 0.107 e. The summed E-state index contributed by atoms with van der Waals surface area (Å²) in [5, 5.41) is 22.8. The predicted molar refractivity (Wildman–Crippen MR) is 158 cm³/mol. The van der Waals surface area contributed by atoms with Crippen molar-refractivity contribution in [1.29, 1.82) is 0 Å². The van der Waals surface area contributed by atoms with Gasteiger partial charge in [0, 0.05) is 32.1 Å². The molecule has 0 aromatic heterocycles. The number of rotatable bonds is 11. The quantitative estimate of drug-likeness (QED) is 0.225.